The summed E-state index contributed by atoms with van der Waals surface area (Å²) in [6, 6.07) is 63.6. The van der Waals surface area contributed by atoms with Crippen LogP contribution in [0.1, 0.15) is 47.8 Å². The first-order valence-corrected chi connectivity index (χ1v) is 18.6. The van der Waals surface area contributed by atoms with Crippen LogP contribution >= 0.6 is 0 Å². The summed E-state index contributed by atoms with van der Waals surface area (Å²) >= 11 is 0. The number of benzene rings is 8. The second-order valence-corrected chi connectivity index (χ2v) is 14.7. The van der Waals surface area contributed by atoms with Gasteiger partial charge in [-0.3, -0.25) is 0 Å². The highest BCUT2D eigenvalue weighted by Crippen LogP contribution is 2.53. The highest BCUT2D eigenvalue weighted by Gasteiger charge is 2.37. The first kappa shape index (κ1) is 32.7. The Morgan fingerprint density at radius 2 is 1.17 bits per heavy atom. The van der Waals surface area contributed by atoms with Crippen molar-refractivity contribution in [1.29, 1.82) is 0 Å². The van der Waals surface area contributed by atoms with E-state index in [4.69, 9.17) is 5.73 Å². The van der Waals surface area contributed by atoms with Gasteiger partial charge in [-0.1, -0.05) is 178 Å². The molecule has 0 fully saturated rings. The molecule has 256 valence electrons. The van der Waals surface area contributed by atoms with E-state index in [0.29, 0.717) is 0 Å². The molecule has 0 spiro atoms. The zero-order valence-corrected chi connectivity index (χ0v) is 30.2. The van der Waals surface area contributed by atoms with Crippen molar-refractivity contribution < 1.29 is 0 Å². The van der Waals surface area contributed by atoms with Crippen LogP contribution in [0.3, 0.4) is 0 Å². The Balaban J connectivity index is 1.09. The lowest BCUT2D eigenvalue weighted by molar-refractivity contribution is 0.661. The standard InChI is InChI=1S/C51H42N2/c1-51(2)46-22-12-21-44(49(46)45-32-40-18-8-9-19-41(40)33-47(45)51)36-24-26-37(27-25-36)48(53-50(52)38-15-4-3-5-16-38)30-29-35-14-10-11-20-43(35)42-28-23-34-13-6-7-17-39(34)31-42/h3-28,30-33,50,53H,29,52H2,1-2H3/b48-30-. The molecule has 53 heavy (non-hydrogen) atoms. The average molecular weight is 683 g/mol. The fraction of sp³-hybridized carbons (Fsp3) is 0.0980. The summed E-state index contributed by atoms with van der Waals surface area (Å²) in [5.41, 5.74) is 21.5. The fourth-order valence-corrected chi connectivity index (χ4v) is 8.26. The molecular weight excluding hydrogens is 641 g/mol. The van der Waals surface area contributed by atoms with Crippen LogP contribution in [0.2, 0.25) is 0 Å². The number of hydrogen-bond acceptors (Lipinski definition) is 2. The Morgan fingerprint density at radius 3 is 1.94 bits per heavy atom. The van der Waals surface area contributed by atoms with Gasteiger partial charge in [0.05, 0.1) is 0 Å². The van der Waals surface area contributed by atoms with E-state index in [2.05, 4.69) is 183 Å². The van der Waals surface area contributed by atoms with Gasteiger partial charge in [-0.15, -0.1) is 0 Å². The molecule has 0 heterocycles. The minimum Gasteiger partial charge on any atom is -0.366 e. The van der Waals surface area contributed by atoms with E-state index in [1.807, 2.05) is 18.2 Å². The molecule has 2 heteroatoms. The molecule has 0 bridgehead atoms. The molecule has 1 aliphatic rings. The van der Waals surface area contributed by atoms with E-state index in [1.54, 1.807) is 0 Å². The van der Waals surface area contributed by atoms with E-state index < -0.39 is 0 Å². The monoisotopic (exact) mass is 682 g/mol. The Bertz CT molecular complexity index is 2650. The summed E-state index contributed by atoms with van der Waals surface area (Å²) in [6.45, 7) is 4.71. The highest BCUT2D eigenvalue weighted by molar-refractivity contribution is 5.98. The molecule has 2 nitrogen and oxygen atoms in total. The molecule has 0 aliphatic heterocycles. The van der Waals surface area contributed by atoms with Gasteiger partial charge in [-0.05, 0) is 107 Å². The second-order valence-electron chi connectivity index (χ2n) is 14.7. The lowest BCUT2D eigenvalue weighted by Gasteiger charge is -2.22. The summed E-state index contributed by atoms with van der Waals surface area (Å²) in [5.74, 6) is 0. The third-order valence-corrected chi connectivity index (χ3v) is 11.1. The van der Waals surface area contributed by atoms with Crippen LogP contribution in [0.15, 0.2) is 182 Å². The molecule has 3 N–H and O–H groups in total. The maximum Gasteiger partial charge on any atom is 0.101 e. The van der Waals surface area contributed by atoms with Crippen molar-refractivity contribution in [1.82, 2.24) is 5.32 Å². The molecule has 0 radical (unpaired) electrons. The van der Waals surface area contributed by atoms with Crippen LogP contribution in [0.5, 0.6) is 0 Å². The SMILES string of the molecule is CC1(C)c2cc3ccccc3cc2-c2c(-c3ccc(/C(=C/Cc4ccccc4-c4ccc5ccccc5c4)NC(N)c4ccccc4)cc3)cccc21. The normalized spacial score (nSPS) is 13.8. The molecule has 0 amide bonds. The Morgan fingerprint density at radius 1 is 0.547 bits per heavy atom. The van der Waals surface area contributed by atoms with Gasteiger partial charge < -0.3 is 11.1 Å². The van der Waals surface area contributed by atoms with Crippen LogP contribution in [0.4, 0.5) is 0 Å². The molecular formula is C51H42N2. The quantitative estimate of drug-likeness (QED) is 0.157. The van der Waals surface area contributed by atoms with Crippen molar-refractivity contribution in [2.24, 2.45) is 5.73 Å². The average Bonchev–Trinajstić information content (AvgIpc) is 3.44. The lowest BCUT2D eigenvalue weighted by atomic mass is 9.81. The van der Waals surface area contributed by atoms with Crippen molar-refractivity contribution in [2.75, 3.05) is 0 Å². The van der Waals surface area contributed by atoms with E-state index in [0.717, 1.165) is 23.2 Å². The Labute approximate surface area is 312 Å². The molecule has 0 aromatic heterocycles. The first-order chi connectivity index (χ1) is 25.9. The van der Waals surface area contributed by atoms with E-state index >= 15 is 0 Å². The van der Waals surface area contributed by atoms with Gasteiger partial charge >= 0.3 is 0 Å². The van der Waals surface area contributed by atoms with E-state index in [1.165, 1.54) is 71.6 Å². The van der Waals surface area contributed by atoms with Crippen LogP contribution in [-0.4, -0.2) is 0 Å². The fourth-order valence-electron chi connectivity index (χ4n) is 8.26. The Kier molecular flexibility index (Phi) is 8.26. The maximum atomic E-state index is 6.82. The van der Waals surface area contributed by atoms with E-state index in [9.17, 15) is 0 Å². The summed E-state index contributed by atoms with van der Waals surface area (Å²) in [6.07, 6.45) is 2.69. The molecule has 1 atom stereocenters. The topological polar surface area (TPSA) is 38.0 Å². The van der Waals surface area contributed by atoms with Gasteiger partial charge in [-0.2, -0.15) is 0 Å². The molecule has 0 saturated carbocycles. The largest absolute Gasteiger partial charge is 0.366 e. The number of nitrogens with two attached hydrogens (primary N) is 1. The van der Waals surface area contributed by atoms with Gasteiger partial charge in [0.1, 0.15) is 6.17 Å². The van der Waals surface area contributed by atoms with Gasteiger partial charge in [0.15, 0.2) is 0 Å². The second kappa shape index (κ2) is 13.4. The third-order valence-electron chi connectivity index (χ3n) is 11.1. The smallest absolute Gasteiger partial charge is 0.101 e. The van der Waals surface area contributed by atoms with Gasteiger partial charge in [0, 0.05) is 11.1 Å². The van der Waals surface area contributed by atoms with Gasteiger partial charge in [-0.25, -0.2) is 0 Å². The minimum atomic E-state index is -0.358. The molecule has 0 saturated heterocycles. The number of rotatable bonds is 8. The van der Waals surface area contributed by atoms with Crippen molar-refractivity contribution >= 4 is 27.2 Å². The van der Waals surface area contributed by atoms with Gasteiger partial charge in [0.2, 0.25) is 0 Å². The molecule has 1 unspecified atom stereocenters. The van der Waals surface area contributed by atoms with E-state index in [-0.39, 0.29) is 11.6 Å². The van der Waals surface area contributed by atoms with Gasteiger partial charge in [0.25, 0.3) is 0 Å². The zero-order chi connectivity index (χ0) is 35.9. The number of allylic oxidation sites excluding steroid dienone is 1. The van der Waals surface area contributed by atoms with Crippen molar-refractivity contribution in [3.63, 3.8) is 0 Å². The maximum absolute atomic E-state index is 6.82. The Hall–Kier alpha value is -6.22. The number of hydrogen-bond donors (Lipinski definition) is 2. The lowest BCUT2D eigenvalue weighted by Crippen LogP contribution is -2.27. The van der Waals surface area contributed by atoms with Crippen LogP contribution < -0.4 is 11.1 Å². The summed E-state index contributed by atoms with van der Waals surface area (Å²) < 4.78 is 0. The molecule has 1 aliphatic carbocycles. The predicted molar refractivity (Wildman–Crippen MR) is 225 cm³/mol. The molecule has 8 aromatic carbocycles. The first-order valence-electron chi connectivity index (χ1n) is 18.6. The minimum absolute atomic E-state index is 0.0822. The summed E-state index contributed by atoms with van der Waals surface area (Å²) in [5, 5.41) is 8.75. The summed E-state index contributed by atoms with van der Waals surface area (Å²) in [4.78, 5) is 0. The third kappa shape index (κ3) is 6.02. The molecule has 8 aromatic rings. The van der Waals surface area contributed by atoms with Crippen LogP contribution in [-0.2, 0) is 11.8 Å². The van der Waals surface area contributed by atoms with Crippen molar-refractivity contribution in [2.45, 2.75) is 31.8 Å². The van der Waals surface area contributed by atoms with Crippen LogP contribution in [0, 0.1) is 0 Å². The predicted octanol–water partition coefficient (Wildman–Crippen LogP) is 12.5. The molecule has 9 rings (SSSR count). The number of nitrogens with one attached hydrogen (secondary N) is 1. The van der Waals surface area contributed by atoms with Crippen LogP contribution in [0.25, 0.3) is 60.6 Å². The van der Waals surface area contributed by atoms with Crippen molar-refractivity contribution in [3.05, 3.63) is 210 Å². The highest BCUT2D eigenvalue weighted by atomic mass is 15.0. The van der Waals surface area contributed by atoms with Crippen molar-refractivity contribution in [3.8, 4) is 33.4 Å². The number of fused-ring (bicyclic) bond motifs is 5. The zero-order valence-electron chi connectivity index (χ0n) is 30.2. The summed E-state index contributed by atoms with van der Waals surface area (Å²) in [7, 11) is 0.